The van der Waals surface area contributed by atoms with Crippen molar-refractivity contribution in [2.75, 3.05) is 5.01 Å². The number of amidine groups is 1. The molecule has 3 rings (SSSR count). The fraction of sp³-hybridized carbons (Fsp3) is 0.0714. The van der Waals surface area contributed by atoms with Crippen LogP contribution in [-0.4, -0.2) is 5.17 Å². The van der Waals surface area contributed by atoms with Crippen LogP contribution in [0.1, 0.15) is 11.7 Å². The Bertz CT molecular complexity index is 554. The Kier molecular flexibility index (Phi) is 2.86. The zero-order valence-corrected chi connectivity index (χ0v) is 10.5. The van der Waals surface area contributed by atoms with Crippen LogP contribution < -0.4 is 10.4 Å². The van der Waals surface area contributed by atoms with Crippen LogP contribution in [0.5, 0.6) is 0 Å². The van der Waals surface area contributed by atoms with Crippen LogP contribution >= 0.6 is 0 Å². The van der Waals surface area contributed by atoms with Gasteiger partial charge in [-0.05, 0) is 22.9 Å². The molecule has 0 fully saturated rings. The average Bonchev–Trinajstić information content (AvgIpc) is 2.83. The Morgan fingerprint density at radius 1 is 0.944 bits per heavy atom. The zero-order valence-electron chi connectivity index (χ0n) is 9.65. The minimum absolute atomic E-state index is 0.0962. The molecule has 1 aliphatic rings. The van der Waals surface area contributed by atoms with Crippen molar-refractivity contribution in [1.82, 2.24) is 5.43 Å². The van der Waals surface area contributed by atoms with Crippen molar-refractivity contribution < 1.29 is 0 Å². The quantitative estimate of drug-likeness (QED) is 0.835. The van der Waals surface area contributed by atoms with Gasteiger partial charge in [0.05, 0.1) is 5.69 Å². The van der Waals surface area contributed by atoms with E-state index in [1.165, 1.54) is 0 Å². The van der Waals surface area contributed by atoms with Crippen LogP contribution in [0.2, 0.25) is 0 Å². The summed E-state index contributed by atoms with van der Waals surface area (Å²) in [6.07, 6.45) is -0.0962. The Morgan fingerprint density at radius 2 is 1.56 bits per heavy atom. The summed E-state index contributed by atoms with van der Waals surface area (Å²) >= 11 is 5.15. The Balaban J connectivity index is 1.97. The lowest BCUT2D eigenvalue weighted by atomic mass is 10.1. The van der Waals surface area contributed by atoms with E-state index in [0.29, 0.717) is 5.17 Å². The van der Waals surface area contributed by atoms with Crippen molar-refractivity contribution >= 4 is 23.5 Å². The van der Waals surface area contributed by atoms with Gasteiger partial charge in [0.1, 0.15) is 0 Å². The van der Waals surface area contributed by atoms with Crippen LogP contribution in [-0.2, 0) is 12.6 Å². The smallest absolute Gasteiger partial charge is 0.165 e. The topological polar surface area (TPSA) is 27.6 Å². The molecule has 0 amide bonds. The average molecular weight is 254 g/mol. The van der Waals surface area contributed by atoms with Gasteiger partial charge in [0, 0.05) is 0 Å². The van der Waals surface area contributed by atoms with Gasteiger partial charge in [0.25, 0.3) is 0 Å². The normalized spacial score (nSPS) is 18.3. The fourth-order valence-corrected chi connectivity index (χ4v) is 2.20. The van der Waals surface area contributed by atoms with E-state index >= 15 is 0 Å². The van der Waals surface area contributed by atoms with Gasteiger partial charge in [-0.25, -0.2) is 0 Å². The predicted molar refractivity (Wildman–Crippen MR) is 76.0 cm³/mol. The van der Waals surface area contributed by atoms with Crippen LogP contribution in [0.4, 0.5) is 5.69 Å². The summed E-state index contributed by atoms with van der Waals surface area (Å²) < 4.78 is 0. The van der Waals surface area contributed by atoms with Gasteiger partial charge >= 0.3 is 0 Å². The summed E-state index contributed by atoms with van der Waals surface area (Å²) in [7, 11) is 0. The first-order valence-corrected chi connectivity index (χ1v) is 6.16. The highest BCUT2D eigenvalue weighted by Gasteiger charge is 2.23. The van der Waals surface area contributed by atoms with Crippen molar-refractivity contribution in [3.8, 4) is 0 Å². The van der Waals surface area contributed by atoms with E-state index in [1.54, 1.807) is 0 Å². The van der Waals surface area contributed by atoms with Crippen LogP contribution in [0.3, 0.4) is 0 Å². The van der Waals surface area contributed by atoms with Crippen LogP contribution in [0, 0.1) is 0 Å². The third-order valence-corrected chi connectivity index (χ3v) is 3.03. The predicted octanol–water partition coefficient (Wildman–Crippen LogP) is 2.61. The number of para-hydroxylation sites is 1. The van der Waals surface area contributed by atoms with Gasteiger partial charge in [-0.1, -0.05) is 48.5 Å². The first-order chi connectivity index (χ1) is 8.84. The van der Waals surface area contributed by atoms with Gasteiger partial charge in [0.15, 0.2) is 6.17 Å². The van der Waals surface area contributed by atoms with E-state index < -0.39 is 0 Å². The molecule has 2 aromatic carbocycles. The SMILES string of the molecule is [S-]C1=NC(c2ccccc2)N(c2ccccc2)N1. The maximum Gasteiger partial charge on any atom is 0.165 e. The standard InChI is InChI=1S/C14H13N3S/c18-14-15-13(11-7-3-1-4-8-11)17(16-14)12-9-5-2-6-10-12/h1-10,13H,(H2,15,16,18)/p-1. The Hall–Kier alpha value is -2.07. The van der Waals surface area contributed by atoms with Gasteiger partial charge in [0.2, 0.25) is 0 Å². The van der Waals surface area contributed by atoms with Crippen molar-refractivity contribution in [1.29, 1.82) is 0 Å². The molecule has 2 aromatic rings. The zero-order chi connectivity index (χ0) is 12.4. The van der Waals surface area contributed by atoms with Gasteiger partial charge in [-0.3, -0.25) is 10.0 Å². The minimum Gasteiger partial charge on any atom is -0.741 e. The molecule has 1 atom stereocenters. The van der Waals surface area contributed by atoms with Crippen molar-refractivity contribution in [2.45, 2.75) is 6.17 Å². The lowest BCUT2D eigenvalue weighted by Gasteiger charge is -2.26. The first kappa shape index (κ1) is 11.0. The molecule has 0 aliphatic carbocycles. The van der Waals surface area contributed by atoms with E-state index in [4.69, 9.17) is 12.6 Å². The summed E-state index contributed by atoms with van der Waals surface area (Å²) in [6.45, 7) is 0. The highest BCUT2D eigenvalue weighted by molar-refractivity contribution is 7.77. The number of nitrogens with zero attached hydrogens (tertiary/aromatic N) is 2. The van der Waals surface area contributed by atoms with Crippen LogP contribution in [0.25, 0.3) is 0 Å². The molecule has 0 bridgehead atoms. The maximum absolute atomic E-state index is 5.15. The third-order valence-electron chi connectivity index (χ3n) is 2.83. The number of rotatable bonds is 2. The Morgan fingerprint density at radius 3 is 2.22 bits per heavy atom. The lowest BCUT2D eigenvalue weighted by molar-refractivity contribution is 0.674. The monoisotopic (exact) mass is 254 g/mol. The number of benzene rings is 2. The number of anilines is 1. The maximum atomic E-state index is 5.15. The second-order valence-electron chi connectivity index (χ2n) is 4.04. The third kappa shape index (κ3) is 2.02. The van der Waals surface area contributed by atoms with Crippen molar-refractivity contribution in [3.63, 3.8) is 0 Å². The molecule has 0 saturated heterocycles. The molecule has 0 saturated carbocycles. The summed E-state index contributed by atoms with van der Waals surface area (Å²) in [5.41, 5.74) is 5.29. The molecule has 1 heterocycles. The van der Waals surface area contributed by atoms with Gasteiger partial charge < -0.3 is 18.1 Å². The van der Waals surface area contributed by atoms with Gasteiger partial charge in [-0.15, -0.1) is 0 Å². The number of hydrogen-bond acceptors (Lipinski definition) is 4. The molecule has 1 aliphatic heterocycles. The van der Waals surface area contributed by atoms with E-state index in [2.05, 4.69) is 22.6 Å². The summed E-state index contributed by atoms with van der Waals surface area (Å²) in [5.74, 6) is 0. The summed E-state index contributed by atoms with van der Waals surface area (Å²) in [6, 6.07) is 20.2. The van der Waals surface area contributed by atoms with E-state index in [1.807, 2.05) is 53.5 Å². The first-order valence-electron chi connectivity index (χ1n) is 5.75. The molecule has 3 nitrogen and oxygen atoms in total. The van der Waals surface area contributed by atoms with Crippen molar-refractivity contribution in [2.24, 2.45) is 4.99 Å². The highest BCUT2D eigenvalue weighted by atomic mass is 32.1. The van der Waals surface area contributed by atoms with Crippen LogP contribution in [0.15, 0.2) is 65.7 Å². The summed E-state index contributed by atoms with van der Waals surface area (Å²) in [4.78, 5) is 4.46. The number of hydrazine groups is 1. The molecular formula is C14H12N3S-. The molecular weight excluding hydrogens is 242 g/mol. The molecule has 0 radical (unpaired) electrons. The largest absolute Gasteiger partial charge is 0.741 e. The number of hydrogen-bond donors (Lipinski definition) is 1. The van der Waals surface area contributed by atoms with Gasteiger partial charge in [-0.2, -0.15) is 0 Å². The fourth-order valence-electron chi connectivity index (χ4n) is 2.00. The molecule has 90 valence electrons. The number of nitrogens with one attached hydrogen (secondary N) is 1. The lowest BCUT2D eigenvalue weighted by Crippen LogP contribution is -2.36. The van der Waals surface area contributed by atoms with E-state index in [-0.39, 0.29) is 6.17 Å². The summed E-state index contributed by atoms with van der Waals surface area (Å²) in [5, 5.41) is 2.50. The second kappa shape index (κ2) is 4.66. The highest BCUT2D eigenvalue weighted by Crippen LogP contribution is 2.29. The molecule has 0 spiro atoms. The van der Waals surface area contributed by atoms with E-state index in [9.17, 15) is 0 Å². The second-order valence-corrected chi connectivity index (χ2v) is 4.42. The Labute approximate surface area is 112 Å². The minimum atomic E-state index is -0.0962. The molecule has 4 heteroatoms. The molecule has 1 unspecified atom stereocenters. The van der Waals surface area contributed by atoms with E-state index in [0.717, 1.165) is 11.3 Å². The molecule has 18 heavy (non-hydrogen) atoms. The molecule has 0 aromatic heterocycles. The molecule has 1 N–H and O–H groups in total. The van der Waals surface area contributed by atoms with Crippen molar-refractivity contribution in [3.05, 3.63) is 66.2 Å². The number of aliphatic imine (C=N–C) groups is 1.